The minimum absolute atomic E-state index is 0.233. The van der Waals surface area contributed by atoms with Crippen molar-refractivity contribution >= 4 is 0 Å². The molecule has 124 valence electrons. The van der Waals surface area contributed by atoms with Gasteiger partial charge in [-0.05, 0) is 54.8 Å². The van der Waals surface area contributed by atoms with Crippen LogP contribution in [0.2, 0.25) is 0 Å². The number of phenolic OH excluding ortho intramolecular Hbond substituents is 2. The van der Waals surface area contributed by atoms with E-state index in [9.17, 15) is 10.2 Å². The number of rotatable bonds is 8. The summed E-state index contributed by atoms with van der Waals surface area (Å²) < 4.78 is 10.8. The zero-order valence-corrected chi connectivity index (χ0v) is 13.7. The van der Waals surface area contributed by atoms with Crippen molar-refractivity contribution in [2.45, 2.75) is 33.5 Å². The van der Waals surface area contributed by atoms with Crippen molar-refractivity contribution in [3.8, 4) is 11.5 Å². The third kappa shape index (κ3) is 4.98. The van der Waals surface area contributed by atoms with Gasteiger partial charge in [0.25, 0.3) is 0 Å². The maximum atomic E-state index is 10.1. The first-order valence-corrected chi connectivity index (χ1v) is 7.91. The average molecular weight is 316 g/mol. The normalized spacial score (nSPS) is 10.9. The molecule has 0 aromatic heterocycles. The van der Waals surface area contributed by atoms with E-state index in [-0.39, 0.29) is 11.5 Å². The van der Waals surface area contributed by atoms with E-state index in [0.717, 1.165) is 22.3 Å². The summed E-state index contributed by atoms with van der Waals surface area (Å²) in [6.07, 6.45) is 0.588. The standard InChI is InChI=1S/C19H24O4/c1-3-22-12-15-6-8-18(20)16(11-15)9-14-5-7-19(21)17(10-14)13-23-4-2/h5-8,10-11,20-21H,3-4,9,12-13H2,1-2H3. The second kappa shape index (κ2) is 8.56. The lowest BCUT2D eigenvalue weighted by Crippen LogP contribution is -1.97. The molecule has 0 aliphatic heterocycles. The van der Waals surface area contributed by atoms with Gasteiger partial charge >= 0.3 is 0 Å². The van der Waals surface area contributed by atoms with Gasteiger partial charge in [-0.2, -0.15) is 0 Å². The molecule has 0 saturated carbocycles. The Morgan fingerprint density at radius 2 is 1.30 bits per heavy atom. The fraction of sp³-hybridized carbons (Fsp3) is 0.368. The van der Waals surface area contributed by atoms with Crippen molar-refractivity contribution in [3.63, 3.8) is 0 Å². The molecule has 2 aromatic rings. The maximum Gasteiger partial charge on any atom is 0.121 e. The minimum Gasteiger partial charge on any atom is -0.508 e. The zero-order valence-electron chi connectivity index (χ0n) is 13.7. The molecule has 0 atom stereocenters. The predicted molar refractivity (Wildman–Crippen MR) is 89.7 cm³/mol. The summed E-state index contributed by atoms with van der Waals surface area (Å²) in [5.41, 5.74) is 3.65. The smallest absolute Gasteiger partial charge is 0.121 e. The fourth-order valence-corrected chi connectivity index (χ4v) is 2.39. The molecule has 23 heavy (non-hydrogen) atoms. The highest BCUT2D eigenvalue weighted by Gasteiger charge is 2.08. The summed E-state index contributed by atoms with van der Waals surface area (Å²) >= 11 is 0. The number of hydrogen-bond donors (Lipinski definition) is 2. The molecule has 0 bridgehead atoms. The van der Waals surface area contributed by atoms with E-state index < -0.39 is 0 Å². The summed E-state index contributed by atoms with van der Waals surface area (Å²) in [5, 5.41) is 19.9. The van der Waals surface area contributed by atoms with Crippen LogP contribution in [0.25, 0.3) is 0 Å². The third-order valence-corrected chi connectivity index (χ3v) is 3.62. The average Bonchev–Trinajstić information content (AvgIpc) is 2.56. The van der Waals surface area contributed by atoms with Gasteiger partial charge < -0.3 is 19.7 Å². The van der Waals surface area contributed by atoms with Crippen LogP contribution in [-0.2, 0) is 29.1 Å². The molecule has 2 N–H and O–H groups in total. The number of benzene rings is 2. The van der Waals surface area contributed by atoms with Gasteiger partial charge in [-0.3, -0.25) is 0 Å². The third-order valence-electron chi connectivity index (χ3n) is 3.62. The molecule has 2 aromatic carbocycles. The zero-order chi connectivity index (χ0) is 16.7. The van der Waals surface area contributed by atoms with Crippen LogP contribution in [0.15, 0.2) is 36.4 Å². The Morgan fingerprint density at radius 1 is 0.739 bits per heavy atom. The van der Waals surface area contributed by atoms with Gasteiger partial charge in [-0.1, -0.05) is 12.1 Å². The Balaban J connectivity index is 2.17. The Hall–Kier alpha value is -2.04. The van der Waals surface area contributed by atoms with E-state index in [2.05, 4.69) is 0 Å². The molecule has 0 amide bonds. The summed E-state index contributed by atoms with van der Waals surface area (Å²) in [7, 11) is 0. The molecule has 2 rings (SSSR count). The van der Waals surface area contributed by atoms with Crippen LogP contribution in [-0.4, -0.2) is 23.4 Å². The molecular weight excluding hydrogens is 292 g/mol. The van der Waals surface area contributed by atoms with Gasteiger partial charge in [-0.25, -0.2) is 0 Å². The topological polar surface area (TPSA) is 58.9 Å². The summed E-state index contributed by atoms with van der Waals surface area (Å²) in [6.45, 7) is 6.06. The number of hydrogen-bond acceptors (Lipinski definition) is 4. The SMILES string of the molecule is CCOCc1ccc(O)c(Cc2ccc(O)c(COCC)c2)c1. The molecule has 0 aliphatic rings. The molecule has 0 radical (unpaired) electrons. The van der Waals surface area contributed by atoms with Crippen LogP contribution in [0.5, 0.6) is 11.5 Å². The van der Waals surface area contributed by atoms with E-state index in [1.54, 1.807) is 12.1 Å². The molecule has 0 fully saturated rings. The lowest BCUT2D eigenvalue weighted by molar-refractivity contribution is 0.132. The first-order chi connectivity index (χ1) is 11.1. The highest BCUT2D eigenvalue weighted by Crippen LogP contribution is 2.25. The lowest BCUT2D eigenvalue weighted by atomic mass is 10.00. The number of aromatic hydroxyl groups is 2. The highest BCUT2D eigenvalue weighted by atomic mass is 16.5. The number of ether oxygens (including phenoxy) is 2. The van der Waals surface area contributed by atoms with E-state index in [0.29, 0.717) is 32.8 Å². The molecule has 0 saturated heterocycles. The first-order valence-electron chi connectivity index (χ1n) is 7.91. The van der Waals surface area contributed by atoms with Gasteiger partial charge in [0.15, 0.2) is 0 Å². The van der Waals surface area contributed by atoms with Gasteiger partial charge in [0, 0.05) is 25.2 Å². The predicted octanol–water partition coefficient (Wildman–Crippen LogP) is 3.76. The van der Waals surface area contributed by atoms with Crippen molar-refractivity contribution in [1.82, 2.24) is 0 Å². The van der Waals surface area contributed by atoms with Gasteiger partial charge in [0.05, 0.1) is 13.2 Å². The summed E-state index contributed by atoms with van der Waals surface area (Å²) in [6, 6.07) is 11.0. The van der Waals surface area contributed by atoms with E-state index in [1.807, 2.05) is 38.1 Å². The van der Waals surface area contributed by atoms with Crippen molar-refractivity contribution in [3.05, 3.63) is 58.7 Å². The molecule has 0 spiro atoms. The van der Waals surface area contributed by atoms with Crippen LogP contribution < -0.4 is 0 Å². The van der Waals surface area contributed by atoms with E-state index >= 15 is 0 Å². The van der Waals surface area contributed by atoms with Gasteiger partial charge in [0.1, 0.15) is 11.5 Å². The van der Waals surface area contributed by atoms with Crippen molar-refractivity contribution in [1.29, 1.82) is 0 Å². The second-order valence-corrected chi connectivity index (χ2v) is 5.38. The summed E-state index contributed by atoms with van der Waals surface area (Å²) in [5.74, 6) is 0.501. The van der Waals surface area contributed by atoms with E-state index in [4.69, 9.17) is 9.47 Å². The molecular formula is C19H24O4. The fourth-order valence-electron chi connectivity index (χ4n) is 2.39. The minimum atomic E-state index is 0.233. The second-order valence-electron chi connectivity index (χ2n) is 5.38. The Kier molecular flexibility index (Phi) is 6.44. The van der Waals surface area contributed by atoms with Gasteiger partial charge in [-0.15, -0.1) is 0 Å². The van der Waals surface area contributed by atoms with Crippen LogP contribution >= 0.6 is 0 Å². The first kappa shape index (κ1) is 17.3. The molecule has 4 heteroatoms. The van der Waals surface area contributed by atoms with Crippen molar-refractivity contribution < 1.29 is 19.7 Å². The monoisotopic (exact) mass is 316 g/mol. The Labute approximate surface area is 137 Å². The van der Waals surface area contributed by atoms with E-state index in [1.165, 1.54) is 0 Å². The Morgan fingerprint density at radius 3 is 2.00 bits per heavy atom. The molecule has 4 nitrogen and oxygen atoms in total. The van der Waals surface area contributed by atoms with Crippen LogP contribution in [0.4, 0.5) is 0 Å². The number of phenols is 2. The quantitative estimate of drug-likeness (QED) is 0.778. The van der Waals surface area contributed by atoms with Crippen molar-refractivity contribution in [2.24, 2.45) is 0 Å². The summed E-state index contributed by atoms with van der Waals surface area (Å²) in [4.78, 5) is 0. The lowest BCUT2D eigenvalue weighted by Gasteiger charge is -2.11. The molecule has 0 unspecified atom stereocenters. The van der Waals surface area contributed by atoms with Gasteiger partial charge in [0.2, 0.25) is 0 Å². The molecule has 0 heterocycles. The van der Waals surface area contributed by atoms with Crippen molar-refractivity contribution in [2.75, 3.05) is 13.2 Å². The van der Waals surface area contributed by atoms with Crippen LogP contribution in [0.1, 0.15) is 36.1 Å². The highest BCUT2D eigenvalue weighted by molar-refractivity contribution is 5.42. The largest absolute Gasteiger partial charge is 0.508 e. The Bertz CT molecular complexity index is 637. The maximum absolute atomic E-state index is 10.1. The van der Waals surface area contributed by atoms with Crippen LogP contribution in [0.3, 0.4) is 0 Å². The van der Waals surface area contributed by atoms with Crippen LogP contribution in [0, 0.1) is 0 Å². The molecule has 0 aliphatic carbocycles.